The fourth-order valence-electron chi connectivity index (χ4n) is 1.49. The van der Waals surface area contributed by atoms with E-state index in [1.165, 1.54) is 21.3 Å². The van der Waals surface area contributed by atoms with Gasteiger partial charge in [-0.05, 0) is 6.92 Å². The van der Waals surface area contributed by atoms with Crippen LogP contribution < -0.4 is 18.9 Å². The van der Waals surface area contributed by atoms with Crippen LogP contribution in [0.5, 0.6) is 23.0 Å². The van der Waals surface area contributed by atoms with E-state index in [9.17, 15) is 4.79 Å². The van der Waals surface area contributed by atoms with Gasteiger partial charge in [0.1, 0.15) is 5.75 Å². The second-order valence-corrected chi connectivity index (χ2v) is 3.45. The van der Waals surface area contributed by atoms with Gasteiger partial charge in [0.2, 0.25) is 5.75 Å². The quantitative estimate of drug-likeness (QED) is 0.702. The van der Waals surface area contributed by atoms with Crippen LogP contribution in [0.1, 0.15) is 6.92 Å². The first kappa shape index (κ1) is 14.9. The average molecular weight is 270 g/mol. The first-order chi connectivity index (χ1) is 9.15. The molecule has 19 heavy (non-hydrogen) atoms. The number of rotatable bonds is 7. The van der Waals surface area contributed by atoms with Gasteiger partial charge in [0.25, 0.3) is 0 Å². The van der Waals surface area contributed by atoms with Crippen LogP contribution in [-0.4, -0.2) is 40.5 Å². The highest BCUT2D eigenvalue weighted by molar-refractivity contribution is 5.71. The van der Waals surface area contributed by atoms with Gasteiger partial charge in [-0.2, -0.15) is 0 Å². The van der Waals surface area contributed by atoms with Gasteiger partial charge in [0.15, 0.2) is 18.1 Å². The molecule has 0 aromatic heterocycles. The Bertz CT molecular complexity index is 404. The monoisotopic (exact) mass is 270 g/mol. The molecule has 0 unspecified atom stereocenters. The Hall–Kier alpha value is -2.11. The molecule has 1 rings (SSSR count). The fourth-order valence-corrected chi connectivity index (χ4v) is 1.49. The minimum absolute atomic E-state index is 0.174. The summed E-state index contributed by atoms with van der Waals surface area (Å²) in [5, 5.41) is 0. The van der Waals surface area contributed by atoms with Gasteiger partial charge in [-0.25, -0.2) is 4.79 Å². The molecule has 0 saturated heterocycles. The Morgan fingerprint density at radius 3 is 2.05 bits per heavy atom. The van der Waals surface area contributed by atoms with Crippen molar-refractivity contribution in [2.24, 2.45) is 0 Å². The van der Waals surface area contributed by atoms with Gasteiger partial charge in [-0.1, -0.05) is 0 Å². The summed E-state index contributed by atoms with van der Waals surface area (Å²) in [6.45, 7) is 1.88. The molecular weight excluding hydrogens is 252 g/mol. The van der Waals surface area contributed by atoms with Gasteiger partial charge < -0.3 is 23.7 Å². The van der Waals surface area contributed by atoms with Gasteiger partial charge in [-0.3, -0.25) is 0 Å². The van der Waals surface area contributed by atoms with Crippen molar-refractivity contribution in [3.8, 4) is 23.0 Å². The topological polar surface area (TPSA) is 63.2 Å². The maximum Gasteiger partial charge on any atom is 0.344 e. The molecule has 0 aliphatic heterocycles. The molecule has 0 bridgehead atoms. The van der Waals surface area contributed by atoms with Crippen molar-refractivity contribution in [2.75, 3.05) is 34.5 Å². The van der Waals surface area contributed by atoms with Crippen molar-refractivity contribution in [1.29, 1.82) is 0 Å². The Labute approximate surface area is 112 Å². The molecule has 1 aromatic carbocycles. The molecule has 0 heterocycles. The van der Waals surface area contributed by atoms with Crippen LogP contribution in [0.15, 0.2) is 12.1 Å². The molecule has 106 valence electrons. The second kappa shape index (κ2) is 7.35. The average Bonchev–Trinajstić information content (AvgIpc) is 2.44. The Balaban J connectivity index is 2.87. The number of hydrogen-bond acceptors (Lipinski definition) is 6. The summed E-state index contributed by atoms with van der Waals surface area (Å²) >= 11 is 0. The number of hydrogen-bond donors (Lipinski definition) is 0. The molecule has 0 spiro atoms. The van der Waals surface area contributed by atoms with Crippen LogP contribution in [0.4, 0.5) is 0 Å². The summed E-state index contributed by atoms with van der Waals surface area (Å²) in [6, 6.07) is 3.22. The highest BCUT2D eigenvalue weighted by Crippen LogP contribution is 2.40. The van der Waals surface area contributed by atoms with Crippen molar-refractivity contribution in [1.82, 2.24) is 0 Å². The van der Waals surface area contributed by atoms with Crippen molar-refractivity contribution in [3.63, 3.8) is 0 Å². The molecule has 0 atom stereocenters. The minimum atomic E-state index is -0.434. The molecule has 6 nitrogen and oxygen atoms in total. The second-order valence-electron chi connectivity index (χ2n) is 3.45. The number of esters is 1. The van der Waals surface area contributed by atoms with Gasteiger partial charge >= 0.3 is 5.97 Å². The molecule has 0 amide bonds. The van der Waals surface area contributed by atoms with E-state index in [4.69, 9.17) is 23.7 Å². The van der Waals surface area contributed by atoms with Crippen LogP contribution in [0.2, 0.25) is 0 Å². The van der Waals surface area contributed by atoms with E-state index in [2.05, 4.69) is 0 Å². The van der Waals surface area contributed by atoms with Crippen LogP contribution in [-0.2, 0) is 9.53 Å². The Kier molecular flexibility index (Phi) is 5.78. The molecule has 6 heteroatoms. The molecule has 0 aliphatic rings. The number of ether oxygens (including phenoxy) is 5. The van der Waals surface area contributed by atoms with Gasteiger partial charge in [0, 0.05) is 12.1 Å². The SMILES string of the molecule is CCOC(=O)COc1cc(OC)c(OC)c(OC)c1. The largest absolute Gasteiger partial charge is 0.493 e. The van der Waals surface area contributed by atoms with E-state index in [-0.39, 0.29) is 6.61 Å². The van der Waals surface area contributed by atoms with Crippen LogP contribution in [0.3, 0.4) is 0 Å². The van der Waals surface area contributed by atoms with E-state index in [1.807, 2.05) is 0 Å². The summed E-state index contributed by atoms with van der Waals surface area (Å²) in [7, 11) is 4.53. The maximum absolute atomic E-state index is 11.2. The molecule has 0 N–H and O–H groups in total. The van der Waals surface area contributed by atoms with Crippen LogP contribution >= 0.6 is 0 Å². The summed E-state index contributed by atoms with van der Waals surface area (Å²) < 4.78 is 25.6. The lowest BCUT2D eigenvalue weighted by atomic mass is 10.2. The lowest BCUT2D eigenvalue weighted by molar-refractivity contribution is -0.145. The van der Waals surface area contributed by atoms with Crippen molar-refractivity contribution in [3.05, 3.63) is 12.1 Å². The third-order valence-electron chi connectivity index (χ3n) is 2.30. The van der Waals surface area contributed by atoms with Gasteiger partial charge in [-0.15, -0.1) is 0 Å². The zero-order valence-corrected chi connectivity index (χ0v) is 11.5. The van der Waals surface area contributed by atoms with Crippen molar-refractivity contribution < 1.29 is 28.5 Å². The molecule has 0 saturated carbocycles. The smallest absolute Gasteiger partial charge is 0.344 e. The fraction of sp³-hybridized carbons (Fsp3) is 0.462. The van der Waals surface area contributed by atoms with Gasteiger partial charge in [0.05, 0.1) is 27.9 Å². The van der Waals surface area contributed by atoms with E-state index in [0.29, 0.717) is 29.6 Å². The number of benzene rings is 1. The zero-order chi connectivity index (χ0) is 14.3. The summed E-state index contributed by atoms with van der Waals surface area (Å²) in [4.78, 5) is 11.2. The third-order valence-corrected chi connectivity index (χ3v) is 2.30. The van der Waals surface area contributed by atoms with E-state index < -0.39 is 5.97 Å². The van der Waals surface area contributed by atoms with Crippen molar-refractivity contribution >= 4 is 5.97 Å². The Morgan fingerprint density at radius 1 is 1.05 bits per heavy atom. The zero-order valence-electron chi connectivity index (χ0n) is 11.5. The molecule has 0 aliphatic carbocycles. The van der Waals surface area contributed by atoms with Crippen LogP contribution in [0, 0.1) is 0 Å². The number of carbonyl (C=O) groups excluding carboxylic acids is 1. The van der Waals surface area contributed by atoms with Crippen LogP contribution in [0.25, 0.3) is 0 Å². The highest BCUT2D eigenvalue weighted by Gasteiger charge is 2.14. The summed E-state index contributed by atoms with van der Waals surface area (Å²) in [6.07, 6.45) is 0. The normalized spacial score (nSPS) is 9.68. The highest BCUT2D eigenvalue weighted by atomic mass is 16.6. The summed E-state index contributed by atoms with van der Waals surface area (Å²) in [5.41, 5.74) is 0. The standard InChI is InChI=1S/C13H18O6/c1-5-18-12(14)8-19-9-6-10(15-2)13(17-4)11(7-9)16-3/h6-7H,5,8H2,1-4H3. The minimum Gasteiger partial charge on any atom is -0.493 e. The predicted molar refractivity (Wildman–Crippen MR) is 68.2 cm³/mol. The number of methoxy groups -OCH3 is 3. The first-order valence-electron chi connectivity index (χ1n) is 5.74. The van der Waals surface area contributed by atoms with Crippen molar-refractivity contribution in [2.45, 2.75) is 6.92 Å². The lowest BCUT2D eigenvalue weighted by Gasteiger charge is -2.14. The third kappa shape index (κ3) is 3.94. The molecule has 0 radical (unpaired) electrons. The maximum atomic E-state index is 11.2. The molecule has 1 aromatic rings. The van der Waals surface area contributed by atoms with E-state index in [1.54, 1.807) is 19.1 Å². The predicted octanol–water partition coefficient (Wildman–Crippen LogP) is 1.65. The number of carbonyl (C=O) groups is 1. The molecular formula is C13H18O6. The molecule has 0 fully saturated rings. The first-order valence-corrected chi connectivity index (χ1v) is 5.74. The summed E-state index contributed by atoms with van der Waals surface area (Å²) in [5.74, 6) is 1.38. The van der Waals surface area contributed by atoms with E-state index >= 15 is 0 Å². The van der Waals surface area contributed by atoms with E-state index in [0.717, 1.165) is 0 Å². The Morgan fingerprint density at radius 2 is 1.63 bits per heavy atom. The lowest BCUT2D eigenvalue weighted by Crippen LogP contribution is -2.14.